The number of aromatic nitrogens is 2. The van der Waals surface area contributed by atoms with Crippen LogP contribution in [-0.2, 0) is 9.53 Å². The van der Waals surface area contributed by atoms with Crippen molar-refractivity contribution in [3.8, 4) is 11.8 Å². The van der Waals surface area contributed by atoms with Gasteiger partial charge in [0.05, 0.1) is 6.61 Å². The Hall–Kier alpha value is -1.76. The van der Waals surface area contributed by atoms with E-state index in [1.165, 1.54) is 0 Å². The van der Waals surface area contributed by atoms with Crippen LogP contribution in [0, 0.1) is 11.8 Å². The number of hydrogen-bond acceptors (Lipinski definition) is 3. The first-order chi connectivity index (χ1) is 6.33. The van der Waals surface area contributed by atoms with Crippen molar-refractivity contribution in [2.24, 2.45) is 0 Å². The third-order valence-electron chi connectivity index (χ3n) is 1.26. The molecule has 4 heteroatoms. The van der Waals surface area contributed by atoms with Crippen molar-refractivity contribution in [1.29, 1.82) is 0 Å². The summed E-state index contributed by atoms with van der Waals surface area (Å²) in [6.45, 7) is 2.16. The molecule has 0 aliphatic carbocycles. The Bertz CT molecular complexity index is 319. The zero-order chi connectivity index (χ0) is 9.52. The van der Waals surface area contributed by atoms with E-state index in [1.54, 1.807) is 19.2 Å². The molecule has 0 bridgehead atoms. The number of nitrogens with zero attached hydrogens (tertiary/aromatic N) is 1. The van der Waals surface area contributed by atoms with Crippen LogP contribution in [-0.4, -0.2) is 22.8 Å². The lowest BCUT2D eigenvalue weighted by Crippen LogP contribution is -2.01. The molecule has 13 heavy (non-hydrogen) atoms. The maximum Gasteiger partial charge on any atom is 0.317 e. The molecule has 0 fully saturated rings. The summed E-state index contributed by atoms with van der Waals surface area (Å²) in [5.41, 5.74) is 0.698. The first-order valence-electron chi connectivity index (χ1n) is 3.96. The molecule has 0 atom stereocenters. The highest BCUT2D eigenvalue weighted by Crippen LogP contribution is 1.88. The molecule has 68 valence electrons. The van der Waals surface area contributed by atoms with Crippen LogP contribution in [0.15, 0.2) is 12.3 Å². The van der Waals surface area contributed by atoms with Gasteiger partial charge in [0.15, 0.2) is 0 Å². The van der Waals surface area contributed by atoms with E-state index in [0.29, 0.717) is 12.3 Å². The maximum atomic E-state index is 10.8. The van der Waals surface area contributed by atoms with Crippen molar-refractivity contribution < 1.29 is 9.53 Å². The Balaban J connectivity index is 2.37. The van der Waals surface area contributed by atoms with E-state index in [2.05, 4.69) is 22.0 Å². The van der Waals surface area contributed by atoms with Crippen LogP contribution in [0.2, 0.25) is 0 Å². The summed E-state index contributed by atoms with van der Waals surface area (Å²) in [4.78, 5) is 10.8. The fraction of sp³-hybridized carbons (Fsp3) is 0.333. The molecule has 0 aliphatic rings. The average molecular weight is 178 g/mol. The van der Waals surface area contributed by atoms with Crippen LogP contribution in [0.5, 0.6) is 0 Å². The number of H-pyrrole nitrogens is 1. The quantitative estimate of drug-likeness (QED) is 0.536. The zero-order valence-electron chi connectivity index (χ0n) is 7.33. The molecule has 0 aliphatic heterocycles. The van der Waals surface area contributed by atoms with Crippen LogP contribution >= 0.6 is 0 Å². The predicted molar refractivity (Wildman–Crippen MR) is 46.7 cm³/mol. The summed E-state index contributed by atoms with van der Waals surface area (Å²) in [5.74, 6) is 5.12. The van der Waals surface area contributed by atoms with E-state index in [9.17, 15) is 4.79 Å². The number of carbonyl (C=O) groups is 1. The number of ether oxygens (including phenoxy) is 1. The Morgan fingerprint density at radius 2 is 2.62 bits per heavy atom. The predicted octanol–water partition coefficient (Wildman–Crippen LogP) is 0.714. The lowest BCUT2D eigenvalue weighted by atomic mass is 10.4. The SMILES string of the molecule is CCOC(=O)CC#Cc1ccn[nH]1. The lowest BCUT2D eigenvalue weighted by Gasteiger charge is -1.94. The molecule has 0 amide bonds. The summed E-state index contributed by atoms with van der Waals surface area (Å²) < 4.78 is 4.69. The van der Waals surface area contributed by atoms with Gasteiger partial charge in [0.2, 0.25) is 0 Å². The molecule has 0 aromatic carbocycles. The molecule has 1 N–H and O–H groups in total. The normalized spacial score (nSPS) is 8.69. The second-order valence-corrected chi connectivity index (χ2v) is 2.25. The Labute approximate surface area is 76.3 Å². The molecule has 1 aromatic rings. The van der Waals surface area contributed by atoms with Gasteiger partial charge >= 0.3 is 5.97 Å². The van der Waals surface area contributed by atoms with E-state index in [4.69, 9.17) is 4.74 Å². The van der Waals surface area contributed by atoms with Gasteiger partial charge in [-0.1, -0.05) is 5.92 Å². The number of carbonyl (C=O) groups excluding carboxylic acids is 1. The van der Waals surface area contributed by atoms with Crippen molar-refractivity contribution in [2.45, 2.75) is 13.3 Å². The number of aromatic amines is 1. The van der Waals surface area contributed by atoms with E-state index in [-0.39, 0.29) is 12.4 Å². The van der Waals surface area contributed by atoms with Gasteiger partial charge in [0.25, 0.3) is 0 Å². The molecule has 1 aromatic heterocycles. The van der Waals surface area contributed by atoms with Gasteiger partial charge in [-0.15, -0.1) is 0 Å². The zero-order valence-corrected chi connectivity index (χ0v) is 7.33. The highest BCUT2D eigenvalue weighted by molar-refractivity contribution is 5.72. The molecule has 0 saturated heterocycles. The van der Waals surface area contributed by atoms with Crippen LogP contribution in [0.3, 0.4) is 0 Å². The van der Waals surface area contributed by atoms with Gasteiger partial charge < -0.3 is 4.74 Å². The van der Waals surface area contributed by atoms with E-state index in [1.807, 2.05) is 0 Å². The number of esters is 1. The Morgan fingerprint density at radius 3 is 3.23 bits per heavy atom. The van der Waals surface area contributed by atoms with E-state index < -0.39 is 0 Å². The number of hydrogen-bond donors (Lipinski definition) is 1. The lowest BCUT2D eigenvalue weighted by molar-refractivity contribution is -0.141. The maximum absolute atomic E-state index is 10.8. The van der Waals surface area contributed by atoms with Crippen molar-refractivity contribution >= 4 is 5.97 Å². The molecule has 4 nitrogen and oxygen atoms in total. The molecular formula is C9H10N2O2. The standard InChI is InChI=1S/C9H10N2O2/c1-2-13-9(12)5-3-4-8-6-7-10-11-8/h6-7H,2,5H2,1H3,(H,10,11). The van der Waals surface area contributed by atoms with Crippen molar-refractivity contribution in [3.63, 3.8) is 0 Å². The molecule has 1 heterocycles. The minimum atomic E-state index is -0.297. The monoisotopic (exact) mass is 178 g/mol. The molecule has 0 saturated carbocycles. The molecule has 0 unspecified atom stereocenters. The summed E-state index contributed by atoms with van der Waals surface area (Å²) in [6.07, 6.45) is 1.72. The average Bonchev–Trinajstić information content (AvgIpc) is 2.57. The molecule has 1 rings (SSSR count). The molecule has 0 radical (unpaired) electrons. The van der Waals surface area contributed by atoms with Gasteiger partial charge in [-0.3, -0.25) is 9.89 Å². The van der Waals surface area contributed by atoms with Crippen LogP contribution in [0.4, 0.5) is 0 Å². The smallest absolute Gasteiger partial charge is 0.317 e. The van der Waals surface area contributed by atoms with Crippen molar-refractivity contribution in [2.75, 3.05) is 6.61 Å². The van der Waals surface area contributed by atoms with Gasteiger partial charge in [0, 0.05) is 6.20 Å². The minimum Gasteiger partial charge on any atom is -0.465 e. The first-order valence-corrected chi connectivity index (χ1v) is 3.96. The molecule has 0 spiro atoms. The minimum absolute atomic E-state index is 0.118. The number of nitrogens with one attached hydrogen (secondary N) is 1. The Morgan fingerprint density at radius 1 is 1.77 bits per heavy atom. The third kappa shape index (κ3) is 3.43. The van der Waals surface area contributed by atoms with Gasteiger partial charge in [0.1, 0.15) is 12.1 Å². The summed E-state index contributed by atoms with van der Waals surface area (Å²) in [5, 5.41) is 6.38. The van der Waals surface area contributed by atoms with Gasteiger partial charge in [-0.2, -0.15) is 5.10 Å². The summed E-state index contributed by atoms with van der Waals surface area (Å²) in [6, 6.07) is 1.73. The van der Waals surface area contributed by atoms with Crippen LogP contribution < -0.4 is 0 Å². The Kier molecular flexibility index (Phi) is 3.58. The van der Waals surface area contributed by atoms with Gasteiger partial charge in [-0.05, 0) is 18.9 Å². The second-order valence-electron chi connectivity index (χ2n) is 2.25. The first kappa shape index (κ1) is 9.33. The van der Waals surface area contributed by atoms with E-state index in [0.717, 1.165) is 0 Å². The summed E-state index contributed by atoms with van der Waals surface area (Å²) >= 11 is 0. The fourth-order valence-corrected chi connectivity index (χ4v) is 0.749. The van der Waals surface area contributed by atoms with Crippen molar-refractivity contribution in [1.82, 2.24) is 10.2 Å². The van der Waals surface area contributed by atoms with Crippen molar-refractivity contribution in [3.05, 3.63) is 18.0 Å². The fourth-order valence-electron chi connectivity index (χ4n) is 0.749. The highest BCUT2D eigenvalue weighted by Gasteiger charge is 1.95. The van der Waals surface area contributed by atoms with Crippen LogP contribution in [0.1, 0.15) is 19.0 Å². The number of rotatable bonds is 2. The van der Waals surface area contributed by atoms with Gasteiger partial charge in [-0.25, -0.2) is 0 Å². The largest absolute Gasteiger partial charge is 0.465 e. The van der Waals surface area contributed by atoms with E-state index >= 15 is 0 Å². The van der Waals surface area contributed by atoms with Crippen LogP contribution in [0.25, 0.3) is 0 Å². The highest BCUT2D eigenvalue weighted by atomic mass is 16.5. The topological polar surface area (TPSA) is 55.0 Å². The molecular weight excluding hydrogens is 168 g/mol. The second kappa shape index (κ2) is 4.99. The summed E-state index contributed by atoms with van der Waals surface area (Å²) in [7, 11) is 0. The third-order valence-corrected chi connectivity index (χ3v) is 1.26.